The minimum Gasteiger partial charge on any atom is -0.493 e. The van der Waals surface area contributed by atoms with Gasteiger partial charge in [0.2, 0.25) is 0 Å². The molecule has 0 spiro atoms. The van der Waals surface area contributed by atoms with Gasteiger partial charge in [0, 0.05) is 0 Å². The second kappa shape index (κ2) is 8.66. The Labute approximate surface area is 149 Å². The zero-order valence-corrected chi connectivity index (χ0v) is 14.5. The van der Waals surface area contributed by atoms with Gasteiger partial charge in [0.05, 0.1) is 25.5 Å². The van der Waals surface area contributed by atoms with E-state index in [0.29, 0.717) is 22.1 Å². The average molecular weight is 356 g/mol. The zero-order valence-electron chi connectivity index (χ0n) is 13.6. The van der Waals surface area contributed by atoms with Gasteiger partial charge in [-0.05, 0) is 47.9 Å². The molecular weight excluding hydrogens is 340 g/mol. The van der Waals surface area contributed by atoms with Crippen LogP contribution in [-0.4, -0.2) is 25.3 Å². The van der Waals surface area contributed by atoms with Crippen molar-refractivity contribution in [1.82, 2.24) is 0 Å². The van der Waals surface area contributed by atoms with Crippen LogP contribution >= 0.6 is 11.9 Å². The standard InChI is InChI=1S/C18H16N2O4S/c1-23-16-8-7-12(10-17(16)24-2)9-13(11-19)25-20-15-6-4-3-5-14(15)18(21)22/h3-10,20H,1-2H3,(H,21,22)/b13-9+. The third-order valence-electron chi connectivity index (χ3n) is 3.24. The van der Waals surface area contributed by atoms with E-state index in [1.807, 2.05) is 0 Å². The van der Waals surface area contributed by atoms with E-state index < -0.39 is 5.97 Å². The molecule has 7 heteroatoms. The second-order valence-electron chi connectivity index (χ2n) is 4.79. The summed E-state index contributed by atoms with van der Waals surface area (Å²) in [5.74, 6) is 0.119. The van der Waals surface area contributed by atoms with Gasteiger partial charge in [-0.15, -0.1) is 0 Å². The van der Waals surface area contributed by atoms with Gasteiger partial charge in [-0.3, -0.25) is 0 Å². The van der Waals surface area contributed by atoms with Crippen molar-refractivity contribution in [2.24, 2.45) is 0 Å². The zero-order chi connectivity index (χ0) is 18.2. The van der Waals surface area contributed by atoms with Crippen molar-refractivity contribution < 1.29 is 19.4 Å². The normalized spacial score (nSPS) is 10.7. The largest absolute Gasteiger partial charge is 0.493 e. The summed E-state index contributed by atoms with van der Waals surface area (Å²) in [6.45, 7) is 0. The number of allylic oxidation sites excluding steroid dienone is 1. The smallest absolute Gasteiger partial charge is 0.337 e. The molecule has 0 aliphatic carbocycles. The maximum absolute atomic E-state index is 11.2. The Bertz CT molecular complexity index is 843. The van der Waals surface area contributed by atoms with Crippen molar-refractivity contribution in [3.05, 3.63) is 58.5 Å². The van der Waals surface area contributed by atoms with Crippen LogP contribution in [0.4, 0.5) is 5.69 Å². The molecule has 2 aromatic rings. The van der Waals surface area contributed by atoms with Crippen LogP contribution in [0.5, 0.6) is 11.5 Å². The van der Waals surface area contributed by atoms with Gasteiger partial charge >= 0.3 is 5.97 Å². The SMILES string of the molecule is COc1ccc(/C=C(\C#N)SNc2ccccc2C(=O)O)cc1OC. The van der Waals surface area contributed by atoms with E-state index in [2.05, 4.69) is 10.8 Å². The fraction of sp³-hybridized carbons (Fsp3) is 0.111. The van der Waals surface area contributed by atoms with Gasteiger partial charge in [-0.1, -0.05) is 18.2 Å². The molecular formula is C18H16N2O4S. The summed E-state index contributed by atoms with van der Waals surface area (Å²) in [4.78, 5) is 11.6. The summed E-state index contributed by atoms with van der Waals surface area (Å²) in [5.41, 5.74) is 1.32. The number of nitrogens with zero attached hydrogens (tertiary/aromatic N) is 1. The number of nitriles is 1. The molecule has 0 saturated heterocycles. The molecule has 0 aliphatic heterocycles. The quantitative estimate of drug-likeness (QED) is 0.571. The number of carboxylic acids is 1. The van der Waals surface area contributed by atoms with Crippen LogP contribution in [0.1, 0.15) is 15.9 Å². The molecule has 0 aromatic heterocycles. The number of rotatable bonds is 7. The van der Waals surface area contributed by atoms with Gasteiger partial charge in [-0.25, -0.2) is 4.79 Å². The molecule has 0 aliphatic rings. The Morgan fingerprint density at radius 1 is 1.20 bits per heavy atom. The third-order valence-corrected chi connectivity index (χ3v) is 3.99. The molecule has 0 heterocycles. The molecule has 2 rings (SSSR count). The first-order valence-electron chi connectivity index (χ1n) is 7.18. The molecule has 25 heavy (non-hydrogen) atoms. The molecule has 2 aromatic carbocycles. The van der Waals surface area contributed by atoms with Crippen LogP contribution in [0, 0.1) is 11.3 Å². The topological polar surface area (TPSA) is 91.6 Å². The fourth-order valence-electron chi connectivity index (χ4n) is 2.05. The number of anilines is 1. The predicted octanol–water partition coefficient (Wildman–Crippen LogP) is 4.03. The van der Waals surface area contributed by atoms with Crippen LogP contribution in [0.3, 0.4) is 0 Å². The lowest BCUT2D eigenvalue weighted by atomic mass is 10.2. The van der Waals surface area contributed by atoms with E-state index in [-0.39, 0.29) is 5.56 Å². The number of methoxy groups -OCH3 is 2. The van der Waals surface area contributed by atoms with E-state index >= 15 is 0 Å². The first-order valence-corrected chi connectivity index (χ1v) is 7.99. The molecule has 0 amide bonds. The summed E-state index contributed by atoms with van der Waals surface area (Å²) in [7, 11) is 3.09. The van der Waals surface area contributed by atoms with E-state index in [4.69, 9.17) is 9.47 Å². The molecule has 0 saturated carbocycles. The Balaban J connectivity index is 2.20. The van der Waals surface area contributed by atoms with Crippen molar-refractivity contribution in [2.45, 2.75) is 0 Å². The maximum atomic E-state index is 11.2. The number of aromatic carboxylic acids is 1. The van der Waals surface area contributed by atoms with Gasteiger partial charge in [0.1, 0.15) is 11.0 Å². The lowest BCUT2D eigenvalue weighted by Crippen LogP contribution is -2.01. The first kappa shape index (κ1) is 18.2. The van der Waals surface area contributed by atoms with Crippen LogP contribution in [-0.2, 0) is 0 Å². The molecule has 0 fully saturated rings. The number of carbonyl (C=O) groups is 1. The molecule has 128 valence electrons. The minimum absolute atomic E-state index is 0.137. The summed E-state index contributed by atoms with van der Waals surface area (Å²) in [5, 5.41) is 18.5. The van der Waals surface area contributed by atoms with Crippen molar-refractivity contribution in [2.75, 3.05) is 18.9 Å². The van der Waals surface area contributed by atoms with Crippen LogP contribution in [0.15, 0.2) is 47.4 Å². The Morgan fingerprint density at radius 3 is 2.56 bits per heavy atom. The van der Waals surface area contributed by atoms with Crippen molar-refractivity contribution >= 4 is 29.7 Å². The molecule has 0 atom stereocenters. The van der Waals surface area contributed by atoms with Crippen LogP contribution in [0.25, 0.3) is 6.08 Å². The third kappa shape index (κ3) is 4.68. The number of benzene rings is 2. The minimum atomic E-state index is -1.04. The molecule has 2 N–H and O–H groups in total. The van der Waals surface area contributed by atoms with E-state index in [9.17, 15) is 15.2 Å². The highest BCUT2D eigenvalue weighted by atomic mass is 32.2. The number of hydrogen-bond acceptors (Lipinski definition) is 6. The maximum Gasteiger partial charge on any atom is 0.337 e. The Kier molecular flexibility index (Phi) is 6.32. The summed E-state index contributed by atoms with van der Waals surface area (Å²) < 4.78 is 13.3. The van der Waals surface area contributed by atoms with Crippen molar-refractivity contribution in [3.8, 4) is 17.6 Å². The van der Waals surface area contributed by atoms with Crippen LogP contribution in [0.2, 0.25) is 0 Å². The van der Waals surface area contributed by atoms with Gasteiger partial charge in [-0.2, -0.15) is 5.26 Å². The summed E-state index contributed by atoms with van der Waals surface area (Å²) in [6.07, 6.45) is 1.67. The fourth-order valence-corrected chi connectivity index (χ4v) is 2.69. The lowest BCUT2D eigenvalue weighted by Gasteiger charge is -2.09. The number of para-hydroxylation sites is 1. The van der Waals surface area contributed by atoms with E-state index in [0.717, 1.165) is 17.5 Å². The highest BCUT2D eigenvalue weighted by molar-refractivity contribution is 8.04. The Morgan fingerprint density at radius 2 is 1.92 bits per heavy atom. The van der Waals surface area contributed by atoms with Gasteiger partial charge < -0.3 is 19.3 Å². The molecule has 0 unspecified atom stereocenters. The highest BCUT2D eigenvalue weighted by Gasteiger charge is 2.10. The molecule has 0 radical (unpaired) electrons. The van der Waals surface area contributed by atoms with Crippen molar-refractivity contribution in [3.63, 3.8) is 0 Å². The lowest BCUT2D eigenvalue weighted by molar-refractivity contribution is 0.0698. The predicted molar refractivity (Wildman–Crippen MR) is 97.8 cm³/mol. The van der Waals surface area contributed by atoms with E-state index in [1.165, 1.54) is 13.2 Å². The number of carboxylic acid groups (broad SMARTS) is 1. The van der Waals surface area contributed by atoms with E-state index in [1.54, 1.807) is 49.6 Å². The van der Waals surface area contributed by atoms with Gasteiger partial charge in [0.15, 0.2) is 11.5 Å². The second-order valence-corrected chi connectivity index (χ2v) is 5.64. The van der Waals surface area contributed by atoms with Crippen molar-refractivity contribution in [1.29, 1.82) is 5.26 Å². The summed E-state index contributed by atoms with van der Waals surface area (Å²) in [6, 6.07) is 13.9. The average Bonchev–Trinajstić information content (AvgIpc) is 2.64. The summed E-state index contributed by atoms with van der Waals surface area (Å²) >= 11 is 1.04. The number of hydrogen-bond donors (Lipinski definition) is 2. The number of ether oxygens (including phenoxy) is 2. The Hall–Kier alpha value is -3.11. The monoisotopic (exact) mass is 356 g/mol. The molecule has 0 bridgehead atoms. The van der Waals surface area contributed by atoms with Crippen LogP contribution < -0.4 is 14.2 Å². The number of nitrogens with one attached hydrogen (secondary N) is 1. The highest BCUT2D eigenvalue weighted by Crippen LogP contribution is 2.30. The van der Waals surface area contributed by atoms with Gasteiger partial charge in [0.25, 0.3) is 0 Å². The molecule has 6 nitrogen and oxygen atoms in total. The first-order chi connectivity index (χ1) is 12.1.